The van der Waals surface area contributed by atoms with Gasteiger partial charge in [0.1, 0.15) is 0 Å². The van der Waals surface area contributed by atoms with Crippen LogP contribution in [0.5, 0.6) is 0 Å². The van der Waals surface area contributed by atoms with E-state index in [1.807, 2.05) is 24.3 Å². The molecule has 4 heteroatoms. The van der Waals surface area contributed by atoms with Crippen molar-refractivity contribution in [2.75, 3.05) is 12.3 Å². The maximum absolute atomic E-state index is 11.0. The summed E-state index contributed by atoms with van der Waals surface area (Å²) >= 11 is 0. The van der Waals surface area contributed by atoms with Crippen LogP contribution in [0.4, 0.5) is 5.69 Å². The Bertz CT molecular complexity index is 394. The highest BCUT2D eigenvalue weighted by Gasteiger charge is 2.35. The van der Waals surface area contributed by atoms with Gasteiger partial charge in [0.15, 0.2) is 0 Å². The summed E-state index contributed by atoms with van der Waals surface area (Å²) in [7, 11) is 0. The number of rotatable bonds is 3. The van der Waals surface area contributed by atoms with Gasteiger partial charge in [-0.3, -0.25) is 4.79 Å². The first-order valence-corrected chi connectivity index (χ1v) is 5.95. The van der Waals surface area contributed by atoms with Gasteiger partial charge in [0.05, 0.1) is 12.0 Å². The highest BCUT2D eigenvalue weighted by molar-refractivity contribution is 5.69. The second kappa shape index (κ2) is 4.75. The van der Waals surface area contributed by atoms with Gasteiger partial charge in [-0.2, -0.15) is 0 Å². The number of anilines is 1. The van der Waals surface area contributed by atoms with Crippen LogP contribution in [-0.2, 0) is 10.3 Å². The minimum atomic E-state index is -0.767. The first-order valence-electron chi connectivity index (χ1n) is 5.95. The maximum atomic E-state index is 11.0. The third-order valence-corrected chi connectivity index (χ3v) is 3.41. The number of aliphatic carboxylic acids is 1. The van der Waals surface area contributed by atoms with Crippen molar-refractivity contribution in [2.24, 2.45) is 0 Å². The summed E-state index contributed by atoms with van der Waals surface area (Å²) in [6, 6.07) is 7.51. The largest absolute Gasteiger partial charge is 0.481 e. The smallest absolute Gasteiger partial charge is 0.305 e. The van der Waals surface area contributed by atoms with Crippen LogP contribution in [0, 0.1) is 0 Å². The number of hydrogen-bond acceptors (Lipinski definition) is 3. The molecular formula is C13H18N2O2. The number of benzene rings is 1. The molecule has 92 valence electrons. The van der Waals surface area contributed by atoms with Crippen LogP contribution in [0.2, 0.25) is 0 Å². The van der Waals surface area contributed by atoms with E-state index in [0.29, 0.717) is 5.69 Å². The second-order valence-corrected chi connectivity index (χ2v) is 4.66. The summed E-state index contributed by atoms with van der Waals surface area (Å²) in [5, 5.41) is 12.5. The zero-order chi connectivity index (χ0) is 12.3. The lowest BCUT2D eigenvalue weighted by molar-refractivity contribution is -0.139. The van der Waals surface area contributed by atoms with Crippen LogP contribution in [0.1, 0.15) is 31.2 Å². The van der Waals surface area contributed by atoms with E-state index in [0.717, 1.165) is 31.4 Å². The number of carboxylic acids is 1. The standard InChI is InChI=1S/C13H18N2O2/c14-11-5-3-10(4-6-11)13(9-12(16)17)7-1-2-8-15-13/h3-6,15H,1-2,7-9,14H2,(H,16,17). The Morgan fingerprint density at radius 3 is 2.59 bits per heavy atom. The Labute approximate surface area is 101 Å². The SMILES string of the molecule is Nc1ccc(C2(CC(=O)O)CCCCN2)cc1. The molecular weight excluding hydrogens is 216 g/mol. The lowest BCUT2D eigenvalue weighted by Gasteiger charge is -2.38. The molecule has 1 aromatic carbocycles. The highest BCUT2D eigenvalue weighted by Crippen LogP contribution is 2.33. The van der Waals surface area contributed by atoms with Crippen molar-refractivity contribution in [2.45, 2.75) is 31.2 Å². The van der Waals surface area contributed by atoms with E-state index >= 15 is 0 Å². The topological polar surface area (TPSA) is 75.4 Å². The number of piperidine rings is 1. The van der Waals surface area contributed by atoms with E-state index in [9.17, 15) is 4.79 Å². The number of nitrogen functional groups attached to an aromatic ring is 1. The second-order valence-electron chi connectivity index (χ2n) is 4.66. The van der Waals surface area contributed by atoms with E-state index in [1.165, 1.54) is 0 Å². The fraction of sp³-hybridized carbons (Fsp3) is 0.462. The number of carboxylic acid groups (broad SMARTS) is 1. The van der Waals surface area contributed by atoms with Crippen molar-refractivity contribution in [3.05, 3.63) is 29.8 Å². The first-order chi connectivity index (χ1) is 8.12. The predicted octanol–water partition coefficient (Wildman–Crippen LogP) is 1.71. The third kappa shape index (κ3) is 2.58. The Morgan fingerprint density at radius 2 is 2.06 bits per heavy atom. The van der Waals surface area contributed by atoms with Crippen LogP contribution >= 0.6 is 0 Å². The lowest BCUT2D eigenvalue weighted by atomic mass is 9.79. The monoisotopic (exact) mass is 234 g/mol. The molecule has 1 unspecified atom stereocenters. The van der Waals surface area contributed by atoms with Gasteiger partial charge >= 0.3 is 5.97 Å². The van der Waals surface area contributed by atoms with Gasteiger partial charge in [0, 0.05) is 5.69 Å². The van der Waals surface area contributed by atoms with E-state index in [-0.39, 0.29) is 6.42 Å². The molecule has 2 rings (SSSR count). The molecule has 1 saturated heterocycles. The molecule has 0 amide bonds. The van der Waals surface area contributed by atoms with Crippen molar-refractivity contribution >= 4 is 11.7 Å². The van der Waals surface area contributed by atoms with E-state index in [2.05, 4.69) is 5.32 Å². The average Bonchev–Trinajstić information content (AvgIpc) is 2.30. The molecule has 0 bridgehead atoms. The summed E-state index contributed by atoms with van der Waals surface area (Å²) in [5.41, 5.74) is 6.97. The molecule has 0 saturated carbocycles. The quantitative estimate of drug-likeness (QED) is 0.696. The molecule has 1 aliphatic heterocycles. The van der Waals surface area contributed by atoms with Crippen molar-refractivity contribution < 1.29 is 9.90 Å². The van der Waals surface area contributed by atoms with Crippen LogP contribution in [0.25, 0.3) is 0 Å². The molecule has 1 atom stereocenters. The van der Waals surface area contributed by atoms with Gasteiger partial charge < -0.3 is 16.2 Å². The van der Waals surface area contributed by atoms with E-state index < -0.39 is 11.5 Å². The number of hydrogen-bond donors (Lipinski definition) is 3. The van der Waals surface area contributed by atoms with Crippen molar-refractivity contribution in [3.63, 3.8) is 0 Å². The van der Waals surface area contributed by atoms with Crippen LogP contribution in [-0.4, -0.2) is 17.6 Å². The zero-order valence-corrected chi connectivity index (χ0v) is 9.78. The Kier molecular flexibility index (Phi) is 3.33. The van der Waals surface area contributed by atoms with E-state index in [1.54, 1.807) is 0 Å². The number of nitrogens with two attached hydrogens (primary N) is 1. The number of nitrogens with one attached hydrogen (secondary N) is 1. The molecule has 0 aromatic heterocycles. The first kappa shape index (κ1) is 11.9. The fourth-order valence-corrected chi connectivity index (χ4v) is 2.53. The minimum Gasteiger partial charge on any atom is -0.481 e. The molecule has 1 aromatic rings. The number of carbonyl (C=O) groups is 1. The van der Waals surface area contributed by atoms with Crippen molar-refractivity contribution in [1.29, 1.82) is 0 Å². The van der Waals surface area contributed by atoms with Gasteiger partial charge in [-0.25, -0.2) is 0 Å². The Hall–Kier alpha value is -1.55. The molecule has 17 heavy (non-hydrogen) atoms. The van der Waals surface area contributed by atoms with Gasteiger partial charge in [-0.1, -0.05) is 12.1 Å². The summed E-state index contributed by atoms with van der Waals surface area (Å²) in [6.45, 7) is 0.873. The molecule has 4 nitrogen and oxygen atoms in total. The molecule has 4 N–H and O–H groups in total. The van der Waals surface area contributed by atoms with Crippen LogP contribution in [0.15, 0.2) is 24.3 Å². The Balaban J connectivity index is 2.31. The van der Waals surface area contributed by atoms with Crippen molar-refractivity contribution in [3.8, 4) is 0 Å². The molecule has 1 heterocycles. The predicted molar refractivity (Wildman–Crippen MR) is 66.6 cm³/mol. The van der Waals surface area contributed by atoms with E-state index in [4.69, 9.17) is 10.8 Å². The third-order valence-electron chi connectivity index (χ3n) is 3.41. The van der Waals surface area contributed by atoms with Gasteiger partial charge in [-0.05, 0) is 43.5 Å². The fourth-order valence-electron chi connectivity index (χ4n) is 2.53. The van der Waals surface area contributed by atoms with Gasteiger partial charge in [-0.15, -0.1) is 0 Å². The normalized spacial score (nSPS) is 24.5. The summed E-state index contributed by atoms with van der Waals surface area (Å²) < 4.78 is 0. The minimum absolute atomic E-state index is 0.122. The summed E-state index contributed by atoms with van der Waals surface area (Å²) in [4.78, 5) is 11.0. The summed E-state index contributed by atoms with van der Waals surface area (Å²) in [5.74, 6) is -0.767. The maximum Gasteiger partial charge on any atom is 0.305 e. The molecule has 0 spiro atoms. The lowest BCUT2D eigenvalue weighted by Crippen LogP contribution is -2.47. The van der Waals surface area contributed by atoms with Gasteiger partial charge in [0.25, 0.3) is 0 Å². The zero-order valence-electron chi connectivity index (χ0n) is 9.78. The van der Waals surface area contributed by atoms with Crippen LogP contribution < -0.4 is 11.1 Å². The molecule has 1 fully saturated rings. The average molecular weight is 234 g/mol. The summed E-state index contributed by atoms with van der Waals surface area (Å²) in [6.07, 6.45) is 3.15. The molecule has 0 aliphatic carbocycles. The Morgan fingerprint density at radius 1 is 1.35 bits per heavy atom. The highest BCUT2D eigenvalue weighted by atomic mass is 16.4. The van der Waals surface area contributed by atoms with Gasteiger partial charge in [0.2, 0.25) is 0 Å². The molecule has 0 radical (unpaired) electrons. The molecule has 1 aliphatic rings. The van der Waals surface area contributed by atoms with Crippen LogP contribution in [0.3, 0.4) is 0 Å². The van der Waals surface area contributed by atoms with Crippen molar-refractivity contribution in [1.82, 2.24) is 5.32 Å².